The molecule has 6 heteroatoms. The van der Waals surface area contributed by atoms with E-state index in [1.165, 1.54) is 0 Å². The van der Waals surface area contributed by atoms with Crippen LogP contribution in [0.25, 0.3) is 16.6 Å². The van der Waals surface area contributed by atoms with E-state index in [2.05, 4.69) is 15.2 Å². The van der Waals surface area contributed by atoms with Gasteiger partial charge in [0, 0.05) is 11.8 Å². The van der Waals surface area contributed by atoms with E-state index >= 15 is 0 Å². The molecule has 0 amide bonds. The van der Waals surface area contributed by atoms with Crippen LogP contribution >= 0.6 is 0 Å². The smallest absolute Gasteiger partial charge is 0.354 e. The molecule has 2 aromatic heterocycles. The third-order valence-electron chi connectivity index (χ3n) is 3.67. The van der Waals surface area contributed by atoms with Gasteiger partial charge in [0.15, 0.2) is 11.3 Å². The Morgan fingerprint density at radius 2 is 2.09 bits per heavy atom. The molecule has 6 nitrogen and oxygen atoms in total. The molecule has 0 saturated heterocycles. The summed E-state index contributed by atoms with van der Waals surface area (Å²) < 4.78 is 6.05. The minimum Gasteiger partial charge on any atom is -0.477 e. The Morgan fingerprint density at radius 3 is 2.73 bits per heavy atom. The van der Waals surface area contributed by atoms with Gasteiger partial charge in [0.25, 0.3) is 0 Å². The zero-order chi connectivity index (χ0) is 16.1. The molecule has 22 heavy (non-hydrogen) atoms. The number of carboxylic acids is 1. The maximum Gasteiger partial charge on any atom is 0.354 e. The monoisotopic (exact) mass is 301 g/mol. The van der Waals surface area contributed by atoms with Crippen LogP contribution in [0, 0.1) is 0 Å². The lowest BCUT2D eigenvalue weighted by Crippen LogP contribution is -2.39. The fourth-order valence-corrected chi connectivity index (χ4v) is 3.18. The third kappa shape index (κ3) is 2.62. The van der Waals surface area contributed by atoms with Crippen LogP contribution in [0.4, 0.5) is 0 Å². The van der Waals surface area contributed by atoms with E-state index in [4.69, 9.17) is 4.74 Å². The van der Waals surface area contributed by atoms with Crippen molar-refractivity contribution in [2.24, 2.45) is 0 Å². The van der Waals surface area contributed by atoms with Gasteiger partial charge >= 0.3 is 5.97 Å². The Labute approximate surface area is 128 Å². The van der Waals surface area contributed by atoms with E-state index in [0.717, 1.165) is 16.5 Å². The molecule has 0 spiro atoms. The Balaban J connectivity index is 2.23. The Bertz CT molecular complexity index is 787. The van der Waals surface area contributed by atoms with Gasteiger partial charge in [-0.2, -0.15) is 5.10 Å². The molecular weight excluding hydrogens is 282 g/mol. The van der Waals surface area contributed by atoms with E-state index in [1.807, 2.05) is 33.8 Å². The summed E-state index contributed by atoms with van der Waals surface area (Å²) >= 11 is 0. The van der Waals surface area contributed by atoms with E-state index in [9.17, 15) is 9.90 Å². The number of carboxylic acid groups (broad SMARTS) is 1. The predicted octanol–water partition coefficient (Wildman–Crippen LogP) is 3.02. The highest BCUT2D eigenvalue weighted by Gasteiger charge is 2.35. The zero-order valence-corrected chi connectivity index (χ0v) is 13.1. The largest absolute Gasteiger partial charge is 0.477 e. The van der Waals surface area contributed by atoms with Crippen LogP contribution in [0.5, 0.6) is 0 Å². The molecule has 0 radical (unpaired) electrons. The quantitative estimate of drug-likeness (QED) is 0.890. The van der Waals surface area contributed by atoms with Crippen LogP contribution < -0.4 is 0 Å². The molecule has 0 unspecified atom stereocenters. The van der Waals surface area contributed by atoms with Crippen LogP contribution in [0.1, 0.15) is 50.2 Å². The molecular formula is C16H19N3O3. The second-order valence-electron chi connectivity index (χ2n) is 6.80. The van der Waals surface area contributed by atoms with Gasteiger partial charge in [-0.15, -0.1) is 0 Å². The number of pyridine rings is 1. The summed E-state index contributed by atoms with van der Waals surface area (Å²) in [5, 5.41) is 16.8. The highest BCUT2D eigenvalue weighted by Crippen LogP contribution is 2.40. The number of H-pyrrole nitrogens is 1. The average molecular weight is 301 g/mol. The molecule has 1 aliphatic heterocycles. The maximum absolute atomic E-state index is 11.3. The first-order valence-electron chi connectivity index (χ1n) is 7.17. The van der Waals surface area contributed by atoms with Crippen LogP contribution in [0.2, 0.25) is 0 Å². The zero-order valence-electron chi connectivity index (χ0n) is 13.1. The van der Waals surface area contributed by atoms with Crippen molar-refractivity contribution in [1.82, 2.24) is 15.2 Å². The van der Waals surface area contributed by atoms with Crippen molar-refractivity contribution in [3.8, 4) is 0 Å². The lowest BCUT2D eigenvalue weighted by atomic mass is 9.85. The van der Waals surface area contributed by atoms with Crippen LogP contribution in [-0.2, 0) is 4.74 Å². The van der Waals surface area contributed by atoms with Crippen LogP contribution in [0.3, 0.4) is 0 Å². The van der Waals surface area contributed by atoms with E-state index in [1.54, 1.807) is 12.3 Å². The molecule has 1 aliphatic rings. The Hall–Kier alpha value is -2.21. The maximum atomic E-state index is 11.3. The van der Waals surface area contributed by atoms with Gasteiger partial charge in [0.2, 0.25) is 0 Å². The lowest BCUT2D eigenvalue weighted by molar-refractivity contribution is -0.100. The van der Waals surface area contributed by atoms with E-state index in [0.29, 0.717) is 12.1 Å². The second-order valence-corrected chi connectivity index (χ2v) is 6.80. The number of ether oxygens (including phenoxy) is 1. The van der Waals surface area contributed by atoms with Crippen molar-refractivity contribution < 1.29 is 14.6 Å². The van der Waals surface area contributed by atoms with Crippen molar-refractivity contribution in [3.63, 3.8) is 0 Å². The first kappa shape index (κ1) is 14.7. The van der Waals surface area contributed by atoms with Gasteiger partial charge in [-0.1, -0.05) is 0 Å². The number of aromatic nitrogens is 3. The molecule has 3 rings (SSSR count). The summed E-state index contributed by atoms with van der Waals surface area (Å²) in [4.78, 5) is 15.4. The van der Waals surface area contributed by atoms with Gasteiger partial charge in [0.05, 0.1) is 17.4 Å². The second kappa shape index (κ2) is 4.64. The SMILES string of the molecule is CC1(C)C=C(c2cc(C(=O)O)nc3[nH]ncc23)CC(C)(C)O1. The molecule has 116 valence electrons. The summed E-state index contributed by atoms with van der Waals surface area (Å²) in [6.07, 6.45) is 4.42. The first-order valence-corrected chi connectivity index (χ1v) is 7.17. The Kier molecular flexibility index (Phi) is 3.11. The summed E-state index contributed by atoms with van der Waals surface area (Å²) in [6, 6.07) is 1.61. The summed E-state index contributed by atoms with van der Waals surface area (Å²) in [7, 11) is 0. The number of aromatic carboxylic acids is 1. The van der Waals surface area contributed by atoms with Crippen LogP contribution in [0.15, 0.2) is 18.3 Å². The van der Waals surface area contributed by atoms with Crippen molar-refractivity contribution >= 4 is 22.6 Å². The fraction of sp³-hybridized carbons (Fsp3) is 0.438. The fourth-order valence-electron chi connectivity index (χ4n) is 3.18. The standard InChI is InChI=1S/C16H19N3O3/c1-15(2)6-9(7-16(3,4)22-15)10-5-12(14(20)21)18-13-11(10)8-17-19-13/h5-6,8H,7H2,1-4H3,(H,20,21)(H,17,18,19). The summed E-state index contributed by atoms with van der Waals surface area (Å²) in [5.74, 6) is -1.05. The minimum absolute atomic E-state index is 0.00903. The molecule has 0 fully saturated rings. The highest BCUT2D eigenvalue weighted by atomic mass is 16.5. The van der Waals surface area contributed by atoms with E-state index < -0.39 is 11.6 Å². The lowest BCUT2D eigenvalue weighted by Gasteiger charge is -2.40. The molecule has 2 aromatic rings. The summed E-state index contributed by atoms with van der Waals surface area (Å²) in [6.45, 7) is 8.07. The number of nitrogens with one attached hydrogen (secondary N) is 1. The molecule has 0 atom stereocenters. The number of hydrogen-bond donors (Lipinski definition) is 2. The average Bonchev–Trinajstić information content (AvgIpc) is 2.81. The highest BCUT2D eigenvalue weighted by molar-refractivity contribution is 5.95. The minimum atomic E-state index is -1.05. The van der Waals surface area contributed by atoms with Crippen molar-refractivity contribution in [2.45, 2.75) is 45.3 Å². The number of nitrogens with zero attached hydrogens (tertiary/aromatic N) is 2. The van der Waals surface area contributed by atoms with Gasteiger partial charge in [0.1, 0.15) is 0 Å². The Morgan fingerprint density at radius 1 is 1.36 bits per heavy atom. The number of rotatable bonds is 2. The van der Waals surface area contributed by atoms with Gasteiger partial charge in [-0.3, -0.25) is 5.10 Å². The molecule has 0 saturated carbocycles. The van der Waals surface area contributed by atoms with Gasteiger partial charge < -0.3 is 9.84 Å². The molecule has 3 heterocycles. The van der Waals surface area contributed by atoms with Crippen LogP contribution in [-0.4, -0.2) is 37.5 Å². The topological polar surface area (TPSA) is 88.1 Å². The molecule has 2 N–H and O–H groups in total. The van der Waals surface area contributed by atoms with Crippen molar-refractivity contribution in [3.05, 3.63) is 29.6 Å². The number of hydrogen-bond acceptors (Lipinski definition) is 4. The summed E-state index contributed by atoms with van der Waals surface area (Å²) in [5.41, 5.74) is 1.65. The molecule has 0 aliphatic carbocycles. The third-order valence-corrected chi connectivity index (χ3v) is 3.67. The number of fused-ring (bicyclic) bond motifs is 1. The predicted molar refractivity (Wildman–Crippen MR) is 82.7 cm³/mol. The normalized spacial score (nSPS) is 19.9. The number of aromatic amines is 1. The molecule has 0 bridgehead atoms. The van der Waals surface area contributed by atoms with Gasteiger partial charge in [-0.25, -0.2) is 9.78 Å². The molecule has 0 aromatic carbocycles. The van der Waals surface area contributed by atoms with Gasteiger partial charge in [-0.05, 0) is 51.0 Å². The van der Waals surface area contributed by atoms with Crippen molar-refractivity contribution in [1.29, 1.82) is 0 Å². The van der Waals surface area contributed by atoms with E-state index in [-0.39, 0.29) is 11.3 Å². The number of carbonyl (C=O) groups is 1. The first-order chi connectivity index (χ1) is 10.2. The van der Waals surface area contributed by atoms with Crippen molar-refractivity contribution in [2.75, 3.05) is 0 Å².